The molecule has 2 rings (SSSR count). The first-order valence-corrected chi connectivity index (χ1v) is 8.54. The molecule has 1 N–H and O–H groups in total. The second-order valence-corrected chi connectivity index (χ2v) is 5.45. The van der Waals surface area contributed by atoms with Crippen LogP contribution in [0.4, 0.5) is 5.69 Å². The van der Waals surface area contributed by atoms with Gasteiger partial charge in [-0.05, 0) is 37.6 Å². The van der Waals surface area contributed by atoms with Crippen molar-refractivity contribution in [3.05, 3.63) is 42.5 Å². The summed E-state index contributed by atoms with van der Waals surface area (Å²) in [5, 5.41) is 2.84. The Bertz CT molecular complexity index is 717. The highest BCUT2D eigenvalue weighted by Crippen LogP contribution is 2.29. The molecule has 0 aliphatic heterocycles. The summed E-state index contributed by atoms with van der Waals surface area (Å²) >= 11 is 0. The summed E-state index contributed by atoms with van der Waals surface area (Å²) in [5.74, 6) is 2.51. The normalized spacial score (nSPS) is 10.1. The Morgan fingerprint density at radius 2 is 1.69 bits per heavy atom. The quantitative estimate of drug-likeness (QED) is 0.652. The van der Waals surface area contributed by atoms with E-state index < -0.39 is 0 Å². The Labute approximate surface area is 154 Å². The first-order valence-electron chi connectivity index (χ1n) is 8.54. The highest BCUT2D eigenvalue weighted by molar-refractivity contribution is 5.92. The molecule has 0 aromatic heterocycles. The van der Waals surface area contributed by atoms with E-state index in [1.165, 1.54) is 0 Å². The van der Waals surface area contributed by atoms with E-state index >= 15 is 0 Å². The van der Waals surface area contributed by atoms with Gasteiger partial charge in [-0.3, -0.25) is 4.79 Å². The lowest BCUT2D eigenvalue weighted by Crippen LogP contribution is -2.13. The zero-order valence-electron chi connectivity index (χ0n) is 15.4. The van der Waals surface area contributed by atoms with E-state index in [-0.39, 0.29) is 5.91 Å². The molecule has 0 unspecified atom stereocenters. The van der Waals surface area contributed by atoms with Gasteiger partial charge in [0.2, 0.25) is 5.91 Å². The predicted octanol–water partition coefficient (Wildman–Crippen LogP) is 3.90. The molecule has 0 spiro atoms. The van der Waals surface area contributed by atoms with Crippen LogP contribution in [0.2, 0.25) is 0 Å². The van der Waals surface area contributed by atoms with Crippen LogP contribution in [0.3, 0.4) is 0 Å². The Morgan fingerprint density at radius 1 is 0.962 bits per heavy atom. The van der Waals surface area contributed by atoms with Crippen LogP contribution < -0.4 is 24.3 Å². The van der Waals surface area contributed by atoms with Crippen LogP contribution in [0, 0.1) is 0 Å². The molecule has 0 radical (unpaired) electrons. The van der Waals surface area contributed by atoms with Crippen molar-refractivity contribution in [2.45, 2.75) is 19.8 Å². The average molecular weight is 359 g/mol. The summed E-state index contributed by atoms with van der Waals surface area (Å²) in [7, 11) is 3.13. The molecule has 1 amide bonds. The maximum atomic E-state index is 12.2. The van der Waals surface area contributed by atoms with Crippen molar-refractivity contribution in [3.8, 4) is 23.0 Å². The molecule has 0 saturated carbocycles. The molecule has 0 aliphatic rings. The predicted molar refractivity (Wildman–Crippen MR) is 101 cm³/mol. The molecule has 0 heterocycles. The van der Waals surface area contributed by atoms with Gasteiger partial charge in [-0.15, -0.1) is 0 Å². The maximum absolute atomic E-state index is 12.2. The van der Waals surface area contributed by atoms with Gasteiger partial charge in [-0.1, -0.05) is 12.1 Å². The molecule has 6 nitrogen and oxygen atoms in total. The zero-order valence-corrected chi connectivity index (χ0v) is 15.4. The number of carbonyl (C=O) groups is 1. The van der Waals surface area contributed by atoms with Crippen LogP contribution in [-0.4, -0.2) is 33.3 Å². The number of anilines is 1. The SMILES string of the molecule is CCOc1ccccc1OCCCC(=O)Nc1cc(OC)ccc1OC. The van der Waals surface area contributed by atoms with Crippen LogP contribution in [0.5, 0.6) is 23.0 Å². The van der Waals surface area contributed by atoms with Gasteiger partial charge < -0.3 is 24.3 Å². The summed E-state index contributed by atoms with van der Waals surface area (Å²) in [6.07, 6.45) is 0.912. The first kappa shape index (κ1) is 19.4. The van der Waals surface area contributed by atoms with E-state index in [2.05, 4.69) is 5.32 Å². The van der Waals surface area contributed by atoms with E-state index in [0.29, 0.717) is 54.7 Å². The van der Waals surface area contributed by atoms with Gasteiger partial charge in [0, 0.05) is 12.5 Å². The summed E-state index contributed by atoms with van der Waals surface area (Å²) in [6.45, 7) is 2.92. The molecule has 6 heteroatoms. The molecular formula is C20H25NO5. The van der Waals surface area contributed by atoms with Gasteiger partial charge in [0.1, 0.15) is 11.5 Å². The lowest BCUT2D eigenvalue weighted by Gasteiger charge is -2.13. The Kier molecular flexibility index (Phi) is 7.61. The van der Waals surface area contributed by atoms with E-state index in [4.69, 9.17) is 18.9 Å². The highest BCUT2D eigenvalue weighted by Gasteiger charge is 2.10. The second-order valence-electron chi connectivity index (χ2n) is 5.45. The highest BCUT2D eigenvalue weighted by atomic mass is 16.5. The number of ether oxygens (including phenoxy) is 4. The van der Waals surface area contributed by atoms with Crippen LogP contribution in [0.1, 0.15) is 19.8 Å². The van der Waals surface area contributed by atoms with E-state index in [1.807, 2.05) is 31.2 Å². The second kappa shape index (κ2) is 10.2. The number of hydrogen-bond donors (Lipinski definition) is 1. The average Bonchev–Trinajstić information content (AvgIpc) is 2.66. The zero-order chi connectivity index (χ0) is 18.8. The number of nitrogens with one attached hydrogen (secondary N) is 1. The minimum absolute atomic E-state index is 0.113. The van der Waals surface area contributed by atoms with Crippen molar-refractivity contribution in [3.63, 3.8) is 0 Å². The Balaban J connectivity index is 1.83. The molecule has 140 valence electrons. The third-order valence-electron chi connectivity index (χ3n) is 3.64. The van der Waals surface area contributed by atoms with E-state index in [9.17, 15) is 4.79 Å². The molecule has 26 heavy (non-hydrogen) atoms. The molecule has 0 aliphatic carbocycles. The number of para-hydroxylation sites is 2. The fourth-order valence-electron chi connectivity index (χ4n) is 2.38. The molecule has 2 aromatic rings. The van der Waals surface area contributed by atoms with Crippen LogP contribution >= 0.6 is 0 Å². The van der Waals surface area contributed by atoms with Gasteiger partial charge >= 0.3 is 0 Å². The topological polar surface area (TPSA) is 66.0 Å². The number of rotatable bonds is 10. The monoisotopic (exact) mass is 359 g/mol. The number of methoxy groups -OCH3 is 2. The third-order valence-corrected chi connectivity index (χ3v) is 3.64. The molecule has 0 fully saturated rings. The van der Waals surface area contributed by atoms with Crippen LogP contribution in [0.25, 0.3) is 0 Å². The van der Waals surface area contributed by atoms with Crippen molar-refractivity contribution in [2.75, 3.05) is 32.8 Å². The largest absolute Gasteiger partial charge is 0.497 e. The summed E-state index contributed by atoms with van der Waals surface area (Å²) < 4.78 is 21.7. The minimum atomic E-state index is -0.113. The van der Waals surface area contributed by atoms with Gasteiger partial charge in [-0.25, -0.2) is 0 Å². The smallest absolute Gasteiger partial charge is 0.224 e. The standard InChI is InChI=1S/C20H25NO5/c1-4-25-18-8-5-6-9-19(18)26-13-7-10-20(22)21-16-14-15(23-2)11-12-17(16)24-3/h5-6,8-9,11-12,14H,4,7,10,13H2,1-3H3,(H,21,22). The van der Waals surface area contributed by atoms with Gasteiger partial charge in [0.15, 0.2) is 11.5 Å². The van der Waals surface area contributed by atoms with Gasteiger partial charge in [0.05, 0.1) is 33.1 Å². The van der Waals surface area contributed by atoms with Gasteiger partial charge in [0.25, 0.3) is 0 Å². The van der Waals surface area contributed by atoms with Gasteiger partial charge in [-0.2, -0.15) is 0 Å². The lowest BCUT2D eigenvalue weighted by atomic mass is 10.2. The molecule has 2 aromatic carbocycles. The fraction of sp³-hybridized carbons (Fsp3) is 0.350. The van der Waals surface area contributed by atoms with Crippen molar-refractivity contribution in [2.24, 2.45) is 0 Å². The first-order chi connectivity index (χ1) is 12.7. The van der Waals surface area contributed by atoms with Crippen molar-refractivity contribution >= 4 is 11.6 Å². The molecular weight excluding hydrogens is 334 g/mol. The molecule has 0 atom stereocenters. The Hall–Kier alpha value is -2.89. The van der Waals surface area contributed by atoms with Crippen LogP contribution in [0.15, 0.2) is 42.5 Å². The van der Waals surface area contributed by atoms with E-state index in [0.717, 1.165) is 0 Å². The number of amides is 1. The summed E-state index contributed by atoms with van der Waals surface area (Å²) in [6, 6.07) is 12.8. The fourth-order valence-corrected chi connectivity index (χ4v) is 2.38. The summed E-state index contributed by atoms with van der Waals surface area (Å²) in [5.41, 5.74) is 0.583. The van der Waals surface area contributed by atoms with E-state index in [1.54, 1.807) is 32.4 Å². The molecule has 0 saturated heterocycles. The lowest BCUT2D eigenvalue weighted by molar-refractivity contribution is -0.116. The van der Waals surface area contributed by atoms with Crippen molar-refractivity contribution in [1.29, 1.82) is 0 Å². The van der Waals surface area contributed by atoms with Crippen molar-refractivity contribution < 1.29 is 23.7 Å². The van der Waals surface area contributed by atoms with Crippen molar-refractivity contribution in [1.82, 2.24) is 0 Å². The minimum Gasteiger partial charge on any atom is -0.497 e. The number of benzene rings is 2. The summed E-state index contributed by atoms with van der Waals surface area (Å²) in [4.78, 5) is 12.2. The third kappa shape index (κ3) is 5.58. The maximum Gasteiger partial charge on any atom is 0.224 e. The number of carbonyl (C=O) groups excluding carboxylic acids is 1. The Morgan fingerprint density at radius 3 is 2.35 bits per heavy atom. The number of hydrogen-bond acceptors (Lipinski definition) is 5. The molecule has 0 bridgehead atoms. The van der Waals surface area contributed by atoms with Crippen LogP contribution in [-0.2, 0) is 4.79 Å².